The van der Waals surface area contributed by atoms with E-state index in [0.29, 0.717) is 31.2 Å². The summed E-state index contributed by atoms with van der Waals surface area (Å²) in [5, 5.41) is 2.98. The first-order valence-corrected chi connectivity index (χ1v) is 7.94. The van der Waals surface area contributed by atoms with Crippen LogP contribution in [0.15, 0.2) is 0 Å². The number of nitrogens with one attached hydrogen (secondary N) is 1. The van der Waals surface area contributed by atoms with Crippen LogP contribution in [0, 0.1) is 6.92 Å². The van der Waals surface area contributed by atoms with Gasteiger partial charge in [-0.3, -0.25) is 9.59 Å². The first-order chi connectivity index (χ1) is 10.5. The van der Waals surface area contributed by atoms with Crippen LogP contribution < -0.4 is 11.1 Å². The van der Waals surface area contributed by atoms with Crippen molar-refractivity contribution in [3.63, 3.8) is 0 Å². The summed E-state index contributed by atoms with van der Waals surface area (Å²) in [6.45, 7) is 5.77. The van der Waals surface area contributed by atoms with Crippen LogP contribution in [0.5, 0.6) is 0 Å². The number of imidazole rings is 1. The molecule has 0 spiro atoms. The van der Waals surface area contributed by atoms with Crippen molar-refractivity contribution in [2.75, 3.05) is 13.1 Å². The molecule has 2 atom stereocenters. The Labute approximate surface area is 129 Å². The van der Waals surface area contributed by atoms with Gasteiger partial charge in [-0.05, 0) is 33.1 Å². The van der Waals surface area contributed by atoms with Gasteiger partial charge in [-0.15, -0.1) is 0 Å². The number of nitrogens with two attached hydrogens (primary N) is 1. The minimum Gasteiger partial charge on any atom is -0.348 e. The lowest BCUT2D eigenvalue weighted by molar-refractivity contribution is 0.0706. The van der Waals surface area contributed by atoms with Crippen molar-refractivity contribution in [3.8, 4) is 0 Å². The zero-order valence-electron chi connectivity index (χ0n) is 13.1. The van der Waals surface area contributed by atoms with Gasteiger partial charge in [-0.25, -0.2) is 4.98 Å². The smallest absolute Gasteiger partial charge is 0.273 e. The van der Waals surface area contributed by atoms with E-state index in [9.17, 15) is 9.59 Å². The Kier molecular flexibility index (Phi) is 3.90. The number of carbonyl (C=O) groups is 2. The second-order valence-electron chi connectivity index (χ2n) is 6.14. The predicted octanol–water partition coefficient (Wildman–Crippen LogP) is 0.277. The number of aryl methyl sites for hydroxylation is 1. The Hall–Kier alpha value is -1.89. The summed E-state index contributed by atoms with van der Waals surface area (Å²) in [5.41, 5.74) is 6.55. The lowest BCUT2D eigenvalue weighted by Gasteiger charge is -2.27. The molecule has 7 heteroatoms. The van der Waals surface area contributed by atoms with E-state index in [1.807, 2.05) is 18.4 Å². The quantitative estimate of drug-likeness (QED) is 0.838. The number of carbonyl (C=O) groups excluding carboxylic acids is 2. The maximum atomic E-state index is 12.5. The number of hydrogen-bond donors (Lipinski definition) is 2. The minimum atomic E-state index is -0.262. The van der Waals surface area contributed by atoms with E-state index in [4.69, 9.17) is 5.73 Å². The van der Waals surface area contributed by atoms with Gasteiger partial charge in [-0.1, -0.05) is 0 Å². The molecule has 120 valence electrons. The van der Waals surface area contributed by atoms with Crippen LogP contribution in [0.1, 0.15) is 53.0 Å². The van der Waals surface area contributed by atoms with Crippen molar-refractivity contribution in [2.24, 2.45) is 5.73 Å². The number of amides is 2. The summed E-state index contributed by atoms with van der Waals surface area (Å²) in [5.74, 6) is 0.345. The van der Waals surface area contributed by atoms with E-state index >= 15 is 0 Å². The third-order valence-electron chi connectivity index (χ3n) is 4.65. The van der Waals surface area contributed by atoms with Crippen LogP contribution in [0.2, 0.25) is 0 Å². The molecule has 2 heterocycles. The highest BCUT2D eigenvalue weighted by Crippen LogP contribution is 2.21. The second kappa shape index (κ2) is 5.72. The topological polar surface area (TPSA) is 93.2 Å². The number of hydrogen-bond acceptors (Lipinski definition) is 4. The largest absolute Gasteiger partial charge is 0.348 e. The maximum absolute atomic E-state index is 12.5. The van der Waals surface area contributed by atoms with Gasteiger partial charge in [0.05, 0.1) is 0 Å². The Balaban J connectivity index is 1.85. The van der Waals surface area contributed by atoms with Gasteiger partial charge in [0.15, 0.2) is 5.69 Å². The SMILES string of the molecule is CCN1CCn2c(C)nc(C(=O)N[C@@H]3CC[C@@H](N)C3)c2C1=O. The van der Waals surface area contributed by atoms with Gasteiger partial charge in [0.25, 0.3) is 11.8 Å². The lowest BCUT2D eigenvalue weighted by Crippen LogP contribution is -2.42. The predicted molar refractivity (Wildman–Crippen MR) is 81.6 cm³/mol. The van der Waals surface area contributed by atoms with Crippen molar-refractivity contribution < 1.29 is 9.59 Å². The van der Waals surface area contributed by atoms with Gasteiger partial charge in [0, 0.05) is 31.7 Å². The van der Waals surface area contributed by atoms with Crippen LogP contribution in [0.3, 0.4) is 0 Å². The number of rotatable bonds is 3. The monoisotopic (exact) mass is 305 g/mol. The molecule has 1 saturated carbocycles. The molecule has 7 nitrogen and oxygen atoms in total. The first kappa shape index (κ1) is 15.0. The molecule has 1 fully saturated rings. The van der Waals surface area contributed by atoms with Crippen molar-refractivity contribution in [2.45, 2.75) is 51.7 Å². The summed E-state index contributed by atoms with van der Waals surface area (Å²) in [4.78, 5) is 31.2. The molecule has 22 heavy (non-hydrogen) atoms. The third kappa shape index (κ3) is 2.49. The molecule has 1 aliphatic heterocycles. The lowest BCUT2D eigenvalue weighted by atomic mass is 10.2. The molecular formula is C15H23N5O2. The van der Waals surface area contributed by atoms with Crippen LogP contribution in [-0.2, 0) is 6.54 Å². The molecule has 0 radical (unpaired) electrons. The molecule has 2 amide bonds. The molecule has 0 unspecified atom stereocenters. The average Bonchev–Trinajstić information content (AvgIpc) is 3.04. The summed E-state index contributed by atoms with van der Waals surface area (Å²) >= 11 is 0. The summed E-state index contributed by atoms with van der Waals surface area (Å²) in [6.07, 6.45) is 2.60. The first-order valence-electron chi connectivity index (χ1n) is 7.94. The zero-order chi connectivity index (χ0) is 15.9. The number of fused-ring (bicyclic) bond motifs is 1. The number of aromatic nitrogens is 2. The van der Waals surface area contributed by atoms with Gasteiger partial charge in [0.1, 0.15) is 11.5 Å². The van der Waals surface area contributed by atoms with Gasteiger partial charge < -0.3 is 20.5 Å². The van der Waals surface area contributed by atoms with Crippen LogP contribution >= 0.6 is 0 Å². The number of nitrogens with zero attached hydrogens (tertiary/aromatic N) is 3. The van der Waals surface area contributed by atoms with Gasteiger partial charge in [-0.2, -0.15) is 0 Å². The van der Waals surface area contributed by atoms with E-state index in [0.717, 1.165) is 19.3 Å². The minimum absolute atomic E-state index is 0.0844. The fourth-order valence-electron chi connectivity index (χ4n) is 3.39. The molecule has 0 bridgehead atoms. The molecule has 0 aromatic carbocycles. The standard InChI is InChI=1S/C15H23N5O2/c1-3-19-6-7-20-9(2)17-12(13(20)15(19)22)14(21)18-11-5-4-10(16)8-11/h10-11H,3-8,16H2,1-2H3,(H,18,21)/t10-,11-/m1/s1. The van der Waals surface area contributed by atoms with Crippen molar-refractivity contribution in [3.05, 3.63) is 17.2 Å². The molecule has 3 rings (SSSR count). The van der Waals surface area contributed by atoms with Crippen LogP contribution in [0.4, 0.5) is 0 Å². The highest BCUT2D eigenvalue weighted by Gasteiger charge is 2.33. The van der Waals surface area contributed by atoms with E-state index in [2.05, 4.69) is 10.3 Å². The molecule has 0 saturated heterocycles. The second-order valence-corrected chi connectivity index (χ2v) is 6.14. The Morgan fingerprint density at radius 3 is 2.82 bits per heavy atom. The molecule has 1 aliphatic carbocycles. The van der Waals surface area contributed by atoms with E-state index in [1.165, 1.54) is 0 Å². The fraction of sp³-hybridized carbons (Fsp3) is 0.667. The molecule has 1 aromatic heterocycles. The summed E-state index contributed by atoms with van der Waals surface area (Å²) in [7, 11) is 0. The van der Waals surface area contributed by atoms with Crippen molar-refractivity contribution in [1.82, 2.24) is 19.8 Å². The highest BCUT2D eigenvalue weighted by molar-refractivity contribution is 6.05. The van der Waals surface area contributed by atoms with Crippen LogP contribution in [0.25, 0.3) is 0 Å². The Morgan fingerprint density at radius 1 is 1.41 bits per heavy atom. The normalized spacial score (nSPS) is 24.5. The molecular weight excluding hydrogens is 282 g/mol. The third-order valence-corrected chi connectivity index (χ3v) is 4.65. The van der Waals surface area contributed by atoms with Crippen LogP contribution in [-0.4, -0.2) is 51.4 Å². The van der Waals surface area contributed by atoms with E-state index in [1.54, 1.807) is 4.90 Å². The molecule has 2 aliphatic rings. The van der Waals surface area contributed by atoms with Gasteiger partial charge >= 0.3 is 0 Å². The molecule has 3 N–H and O–H groups in total. The molecule has 1 aromatic rings. The summed E-state index contributed by atoms with van der Waals surface area (Å²) in [6, 6.07) is 0.237. The Morgan fingerprint density at radius 2 is 2.18 bits per heavy atom. The summed E-state index contributed by atoms with van der Waals surface area (Å²) < 4.78 is 1.85. The van der Waals surface area contributed by atoms with Crippen molar-refractivity contribution in [1.29, 1.82) is 0 Å². The van der Waals surface area contributed by atoms with Gasteiger partial charge in [0.2, 0.25) is 0 Å². The van der Waals surface area contributed by atoms with Crippen molar-refractivity contribution >= 4 is 11.8 Å². The average molecular weight is 305 g/mol. The van der Waals surface area contributed by atoms with E-state index in [-0.39, 0.29) is 29.6 Å². The maximum Gasteiger partial charge on any atom is 0.273 e. The number of likely N-dealkylation sites (N-methyl/N-ethyl adjacent to an activating group) is 1. The highest BCUT2D eigenvalue weighted by atomic mass is 16.2. The fourth-order valence-corrected chi connectivity index (χ4v) is 3.39. The van der Waals surface area contributed by atoms with E-state index < -0.39 is 0 Å². The zero-order valence-corrected chi connectivity index (χ0v) is 13.1. The Bertz CT molecular complexity index is 609.